The molecule has 2 amide bonds. The third kappa shape index (κ3) is 6.20. The standard InChI is InChI=1S/C19H25N3O3.ClH/c1-3-13(2)17(20)19(24)21-11-14-6-4-7-15(10-14)18(23)22-12-16-8-5-9-25-16;/h4-10,13,17H,3,11-12,20H2,1-2H3,(H,21,24)(H,22,23);1H. The molecule has 2 rings (SSSR count). The first-order valence-corrected chi connectivity index (χ1v) is 8.44. The molecule has 6 nitrogen and oxygen atoms in total. The van der Waals surface area contributed by atoms with Crippen molar-refractivity contribution in [2.75, 3.05) is 0 Å². The van der Waals surface area contributed by atoms with E-state index in [1.807, 2.05) is 19.9 Å². The molecule has 0 saturated heterocycles. The van der Waals surface area contributed by atoms with Gasteiger partial charge in [0.15, 0.2) is 0 Å². The van der Waals surface area contributed by atoms with Crippen molar-refractivity contribution in [3.8, 4) is 0 Å². The Kier molecular flexibility index (Phi) is 8.88. The summed E-state index contributed by atoms with van der Waals surface area (Å²) < 4.78 is 5.19. The van der Waals surface area contributed by atoms with Crippen LogP contribution in [-0.2, 0) is 17.9 Å². The molecule has 0 saturated carbocycles. The van der Waals surface area contributed by atoms with Crippen LogP contribution in [0.15, 0.2) is 47.1 Å². The topological polar surface area (TPSA) is 97.4 Å². The molecule has 0 aliphatic heterocycles. The number of hydrogen-bond acceptors (Lipinski definition) is 4. The average Bonchev–Trinajstić information content (AvgIpc) is 3.16. The average molecular weight is 380 g/mol. The zero-order chi connectivity index (χ0) is 18.2. The van der Waals surface area contributed by atoms with E-state index in [0.717, 1.165) is 12.0 Å². The Hall–Kier alpha value is -2.31. The van der Waals surface area contributed by atoms with Crippen LogP contribution in [0.2, 0.25) is 0 Å². The molecular weight excluding hydrogens is 354 g/mol. The van der Waals surface area contributed by atoms with E-state index in [1.165, 1.54) is 0 Å². The lowest BCUT2D eigenvalue weighted by molar-refractivity contribution is -0.123. The van der Waals surface area contributed by atoms with Crippen LogP contribution < -0.4 is 16.4 Å². The molecule has 2 unspecified atom stereocenters. The number of hydrogen-bond donors (Lipinski definition) is 3. The fourth-order valence-electron chi connectivity index (χ4n) is 2.32. The lowest BCUT2D eigenvalue weighted by Crippen LogP contribution is -2.44. The summed E-state index contributed by atoms with van der Waals surface area (Å²) in [6.45, 7) is 4.62. The van der Waals surface area contributed by atoms with Gasteiger partial charge in [0, 0.05) is 12.1 Å². The molecule has 26 heavy (non-hydrogen) atoms. The minimum atomic E-state index is -0.523. The van der Waals surface area contributed by atoms with Gasteiger partial charge in [-0.05, 0) is 35.7 Å². The SMILES string of the molecule is CCC(C)C(N)C(=O)NCc1cccc(C(=O)NCc2ccco2)c1.Cl. The van der Waals surface area contributed by atoms with Gasteiger partial charge in [-0.3, -0.25) is 9.59 Å². The second kappa shape index (κ2) is 10.6. The van der Waals surface area contributed by atoms with Crippen LogP contribution >= 0.6 is 12.4 Å². The zero-order valence-corrected chi connectivity index (χ0v) is 15.8. The van der Waals surface area contributed by atoms with E-state index in [2.05, 4.69) is 10.6 Å². The second-order valence-corrected chi connectivity index (χ2v) is 6.09. The molecule has 4 N–H and O–H groups in total. The number of nitrogens with one attached hydrogen (secondary N) is 2. The number of nitrogens with two attached hydrogens (primary N) is 1. The minimum absolute atomic E-state index is 0. The van der Waals surface area contributed by atoms with Gasteiger partial charge in [-0.2, -0.15) is 0 Å². The molecule has 1 heterocycles. The number of furan rings is 1. The lowest BCUT2D eigenvalue weighted by atomic mass is 9.99. The highest BCUT2D eigenvalue weighted by Gasteiger charge is 2.18. The highest BCUT2D eigenvalue weighted by molar-refractivity contribution is 5.94. The van der Waals surface area contributed by atoms with E-state index in [-0.39, 0.29) is 30.1 Å². The highest BCUT2D eigenvalue weighted by atomic mass is 35.5. The number of halogens is 1. The molecule has 0 radical (unpaired) electrons. The van der Waals surface area contributed by atoms with E-state index in [1.54, 1.807) is 36.6 Å². The zero-order valence-electron chi connectivity index (χ0n) is 15.0. The molecule has 0 spiro atoms. The molecule has 0 bridgehead atoms. The molecule has 2 aromatic rings. The van der Waals surface area contributed by atoms with Crippen LogP contribution in [0.1, 0.15) is 41.9 Å². The van der Waals surface area contributed by atoms with Gasteiger partial charge >= 0.3 is 0 Å². The van der Waals surface area contributed by atoms with Crippen LogP contribution in [0.4, 0.5) is 0 Å². The summed E-state index contributed by atoms with van der Waals surface area (Å²) in [6.07, 6.45) is 2.41. The van der Waals surface area contributed by atoms with Gasteiger partial charge in [-0.25, -0.2) is 0 Å². The van der Waals surface area contributed by atoms with Gasteiger partial charge in [0.25, 0.3) is 5.91 Å². The predicted molar refractivity (Wildman–Crippen MR) is 103 cm³/mol. The first-order valence-electron chi connectivity index (χ1n) is 8.44. The summed E-state index contributed by atoms with van der Waals surface area (Å²) >= 11 is 0. The van der Waals surface area contributed by atoms with Crippen molar-refractivity contribution in [3.05, 3.63) is 59.5 Å². The van der Waals surface area contributed by atoms with E-state index in [9.17, 15) is 9.59 Å². The number of carbonyl (C=O) groups is 2. The van der Waals surface area contributed by atoms with Crippen LogP contribution in [0.5, 0.6) is 0 Å². The smallest absolute Gasteiger partial charge is 0.251 e. The normalized spacial score (nSPS) is 12.6. The Bertz CT molecular complexity index is 704. The Labute approximate surface area is 159 Å². The Morgan fingerprint density at radius 2 is 1.92 bits per heavy atom. The van der Waals surface area contributed by atoms with Gasteiger partial charge in [-0.1, -0.05) is 32.4 Å². The summed E-state index contributed by atoms with van der Waals surface area (Å²) in [4.78, 5) is 24.3. The first-order chi connectivity index (χ1) is 12.0. The maximum atomic E-state index is 12.2. The van der Waals surface area contributed by atoms with Gasteiger partial charge in [0.05, 0.1) is 18.8 Å². The molecule has 1 aromatic carbocycles. The maximum Gasteiger partial charge on any atom is 0.251 e. The van der Waals surface area contributed by atoms with Crippen molar-refractivity contribution in [1.29, 1.82) is 0 Å². The van der Waals surface area contributed by atoms with Crippen molar-refractivity contribution in [2.24, 2.45) is 11.7 Å². The number of carbonyl (C=O) groups excluding carboxylic acids is 2. The molecule has 142 valence electrons. The molecule has 7 heteroatoms. The quantitative estimate of drug-likeness (QED) is 0.656. The third-order valence-corrected chi connectivity index (χ3v) is 4.22. The van der Waals surface area contributed by atoms with Crippen molar-refractivity contribution in [1.82, 2.24) is 10.6 Å². The van der Waals surface area contributed by atoms with E-state index >= 15 is 0 Å². The summed E-state index contributed by atoms with van der Waals surface area (Å²) in [5.41, 5.74) is 7.29. The number of amides is 2. The van der Waals surface area contributed by atoms with Crippen molar-refractivity contribution < 1.29 is 14.0 Å². The lowest BCUT2D eigenvalue weighted by Gasteiger charge is -2.17. The monoisotopic (exact) mass is 379 g/mol. The van der Waals surface area contributed by atoms with E-state index < -0.39 is 6.04 Å². The Morgan fingerprint density at radius 3 is 2.58 bits per heavy atom. The molecule has 0 aliphatic rings. The number of benzene rings is 1. The van der Waals surface area contributed by atoms with Crippen LogP contribution in [-0.4, -0.2) is 17.9 Å². The predicted octanol–water partition coefficient (Wildman–Crippen LogP) is 2.62. The Balaban J connectivity index is 0.00000338. The van der Waals surface area contributed by atoms with Gasteiger partial charge in [-0.15, -0.1) is 12.4 Å². The van der Waals surface area contributed by atoms with Crippen LogP contribution in [0, 0.1) is 5.92 Å². The number of rotatable bonds is 8. The maximum absolute atomic E-state index is 12.2. The summed E-state index contributed by atoms with van der Waals surface area (Å²) in [6, 6.07) is 10.2. The van der Waals surface area contributed by atoms with Crippen LogP contribution in [0.3, 0.4) is 0 Å². The fourth-order valence-corrected chi connectivity index (χ4v) is 2.32. The molecule has 0 fully saturated rings. The van der Waals surface area contributed by atoms with Crippen molar-refractivity contribution in [2.45, 2.75) is 39.4 Å². The summed E-state index contributed by atoms with van der Waals surface area (Å²) in [7, 11) is 0. The largest absolute Gasteiger partial charge is 0.467 e. The van der Waals surface area contributed by atoms with Crippen molar-refractivity contribution in [3.63, 3.8) is 0 Å². The molecule has 2 atom stereocenters. The fraction of sp³-hybridized carbons (Fsp3) is 0.368. The van der Waals surface area contributed by atoms with Crippen molar-refractivity contribution >= 4 is 24.2 Å². The second-order valence-electron chi connectivity index (χ2n) is 6.09. The molecular formula is C19H26ClN3O3. The first kappa shape index (κ1) is 21.7. The summed E-state index contributed by atoms with van der Waals surface area (Å²) in [5.74, 6) is 0.442. The molecule has 0 aliphatic carbocycles. The van der Waals surface area contributed by atoms with E-state index in [4.69, 9.17) is 10.2 Å². The van der Waals surface area contributed by atoms with Gasteiger partial charge in [0.1, 0.15) is 5.76 Å². The highest BCUT2D eigenvalue weighted by Crippen LogP contribution is 2.08. The van der Waals surface area contributed by atoms with Crippen LogP contribution in [0.25, 0.3) is 0 Å². The minimum Gasteiger partial charge on any atom is -0.467 e. The van der Waals surface area contributed by atoms with Gasteiger partial charge < -0.3 is 20.8 Å². The summed E-state index contributed by atoms with van der Waals surface area (Å²) in [5, 5.41) is 5.62. The Morgan fingerprint density at radius 1 is 1.15 bits per heavy atom. The molecule has 1 aromatic heterocycles. The van der Waals surface area contributed by atoms with Gasteiger partial charge in [0.2, 0.25) is 5.91 Å². The van der Waals surface area contributed by atoms with E-state index in [0.29, 0.717) is 24.4 Å². The third-order valence-electron chi connectivity index (χ3n) is 4.22.